The maximum atomic E-state index is 5.66. The molecule has 0 unspecified atom stereocenters. The van der Waals surface area contributed by atoms with Gasteiger partial charge in [-0.2, -0.15) is 15.0 Å². The van der Waals surface area contributed by atoms with E-state index in [1.807, 2.05) is 7.05 Å². The summed E-state index contributed by atoms with van der Waals surface area (Å²) in [5.41, 5.74) is 5.66. The van der Waals surface area contributed by atoms with Crippen molar-refractivity contribution >= 4 is 11.9 Å². The molecule has 1 aliphatic rings. The third-order valence-electron chi connectivity index (χ3n) is 3.49. The van der Waals surface area contributed by atoms with Gasteiger partial charge < -0.3 is 15.4 Å². The third kappa shape index (κ3) is 3.00. The second kappa shape index (κ2) is 5.84. The van der Waals surface area contributed by atoms with E-state index in [1.165, 1.54) is 45.6 Å². The van der Waals surface area contributed by atoms with Crippen LogP contribution in [0.3, 0.4) is 0 Å². The lowest BCUT2D eigenvalue weighted by Crippen LogP contribution is -2.32. The monoisotopic (exact) mass is 251 g/mol. The molecule has 0 radical (unpaired) electrons. The third-order valence-corrected chi connectivity index (χ3v) is 3.49. The Kier molecular flexibility index (Phi) is 4.17. The van der Waals surface area contributed by atoms with Gasteiger partial charge in [0.25, 0.3) is 0 Å². The van der Waals surface area contributed by atoms with E-state index in [0.717, 1.165) is 0 Å². The molecule has 18 heavy (non-hydrogen) atoms. The Morgan fingerprint density at radius 2 is 1.78 bits per heavy atom. The molecule has 0 spiro atoms. The minimum atomic E-state index is 0.206. The van der Waals surface area contributed by atoms with E-state index in [9.17, 15) is 0 Å². The fraction of sp³-hybridized carbons (Fsp3) is 0.750. The number of nitrogen functional groups attached to an aromatic ring is 1. The topological polar surface area (TPSA) is 77.2 Å². The molecule has 2 rings (SSSR count). The number of nitrogens with two attached hydrogens (primary N) is 1. The lowest BCUT2D eigenvalue weighted by Gasteiger charge is -2.27. The van der Waals surface area contributed by atoms with Crippen molar-refractivity contribution in [2.45, 2.75) is 44.6 Å². The van der Waals surface area contributed by atoms with Crippen molar-refractivity contribution in [3.05, 3.63) is 0 Å². The van der Waals surface area contributed by atoms with Gasteiger partial charge >= 0.3 is 6.01 Å². The van der Waals surface area contributed by atoms with Gasteiger partial charge in [0.1, 0.15) is 0 Å². The standard InChI is InChI=1S/C12H21N5O/c1-17(9-7-5-3-4-6-8-9)11-14-10(13)15-12(16-11)18-2/h9H,3-8H2,1-2H3,(H2,13,14,15,16). The van der Waals surface area contributed by atoms with Crippen molar-refractivity contribution in [1.29, 1.82) is 0 Å². The van der Waals surface area contributed by atoms with Gasteiger partial charge in [-0.25, -0.2) is 0 Å². The molecule has 100 valence electrons. The van der Waals surface area contributed by atoms with E-state index in [1.54, 1.807) is 0 Å². The van der Waals surface area contributed by atoms with Gasteiger partial charge in [-0.3, -0.25) is 0 Å². The molecule has 0 aliphatic heterocycles. The van der Waals surface area contributed by atoms with Crippen molar-refractivity contribution in [2.24, 2.45) is 0 Å². The second-order valence-corrected chi connectivity index (χ2v) is 4.74. The molecule has 1 aliphatic carbocycles. The number of rotatable bonds is 3. The highest BCUT2D eigenvalue weighted by atomic mass is 16.5. The molecule has 2 N–H and O–H groups in total. The number of ether oxygens (including phenoxy) is 1. The zero-order chi connectivity index (χ0) is 13.0. The average Bonchev–Trinajstić information content (AvgIpc) is 2.65. The number of hydrogen-bond acceptors (Lipinski definition) is 6. The Balaban J connectivity index is 2.15. The number of hydrogen-bond donors (Lipinski definition) is 1. The average molecular weight is 251 g/mol. The summed E-state index contributed by atoms with van der Waals surface area (Å²) in [5, 5.41) is 0. The van der Waals surface area contributed by atoms with Crippen LogP contribution in [-0.2, 0) is 0 Å². The minimum Gasteiger partial charge on any atom is -0.467 e. The van der Waals surface area contributed by atoms with E-state index in [2.05, 4.69) is 19.9 Å². The lowest BCUT2D eigenvalue weighted by molar-refractivity contribution is 0.378. The van der Waals surface area contributed by atoms with E-state index < -0.39 is 0 Å². The van der Waals surface area contributed by atoms with E-state index in [4.69, 9.17) is 10.5 Å². The van der Waals surface area contributed by atoms with Crippen LogP contribution >= 0.6 is 0 Å². The molecule has 0 aromatic carbocycles. The van der Waals surface area contributed by atoms with E-state index in [-0.39, 0.29) is 12.0 Å². The molecule has 6 nitrogen and oxygen atoms in total. The van der Waals surface area contributed by atoms with Crippen LogP contribution in [0.5, 0.6) is 6.01 Å². The summed E-state index contributed by atoms with van der Waals surface area (Å²) in [6.45, 7) is 0. The molecule has 1 saturated carbocycles. The number of nitrogens with zero attached hydrogens (tertiary/aromatic N) is 4. The van der Waals surface area contributed by atoms with Crippen LogP contribution in [0.1, 0.15) is 38.5 Å². The quantitative estimate of drug-likeness (QED) is 0.823. The van der Waals surface area contributed by atoms with Crippen molar-refractivity contribution in [3.8, 4) is 6.01 Å². The van der Waals surface area contributed by atoms with Crippen LogP contribution in [-0.4, -0.2) is 35.2 Å². The number of methoxy groups -OCH3 is 1. The fourth-order valence-corrected chi connectivity index (χ4v) is 2.42. The maximum absolute atomic E-state index is 5.66. The molecular formula is C12H21N5O. The number of anilines is 2. The SMILES string of the molecule is COc1nc(N)nc(N(C)C2CCCCCC2)n1. The van der Waals surface area contributed by atoms with Gasteiger partial charge in [0.15, 0.2) is 0 Å². The largest absolute Gasteiger partial charge is 0.467 e. The highest BCUT2D eigenvalue weighted by Crippen LogP contribution is 2.24. The van der Waals surface area contributed by atoms with E-state index >= 15 is 0 Å². The van der Waals surface area contributed by atoms with Crippen LogP contribution in [0.15, 0.2) is 0 Å². The van der Waals surface area contributed by atoms with Crippen molar-refractivity contribution in [2.75, 3.05) is 24.8 Å². The Hall–Kier alpha value is -1.59. The molecule has 6 heteroatoms. The normalized spacial score (nSPS) is 17.2. The molecule has 0 saturated heterocycles. The van der Waals surface area contributed by atoms with Crippen LogP contribution in [0, 0.1) is 0 Å². The van der Waals surface area contributed by atoms with Crippen LogP contribution in [0.2, 0.25) is 0 Å². The molecule has 1 heterocycles. The molecule has 1 fully saturated rings. The highest BCUT2D eigenvalue weighted by Gasteiger charge is 2.20. The Bertz CT molecular complexity index is 390. The van der Waals surface area contributed by atoms with Crippen LogP contribution < -0.4 is 15.4 Å². The van der Waals surface area contributed by atoms with Gasteiger partial charge in [0, 0.05) is 13.1 Å². The Labute approximate surface area is 108 Å². The Morgan fingerprint density at radius 3 is 2.39 bits per heavy atom. The summed E-state index contributed by atoms with van der Waals surface area (Å²) in [4.78, 5) is 14.5. The first-order valence-corrected chi connectivity index (χ1v) is 6.49. The van der Waals surface area contributed by atoms with Crippen LogP contribution in [0.4, 0.5) is 11.9 Å². The summed E-state index contributed by atoms with van der Waals surface area (Å²) < 4.78 is 5.03. The zero-order valence-electron chi connectivity index (χ0n) is 11.1. The summed E-state index contributed by atoms with van der Waals surface area (Å²) in [6, 6.07) is 0.761. The molecule has 0 atom stereocenters. The summed E-state index contributed by atoms with van der Waals surface area (Å²) in [6.07, 6.45) is 7.56. The predicted octanol–water partition coefficient (Wildman–Crippen LogP) is 1.62. The molecular weight excluding hydrogens is 230 g/mol. The van der Waals surface area contributed by atoms with Gasteiger partial charge in [-0.1, -0.05) is 25.7 Å². The lowest BCUT2D eigenvalue weighted by atomic mass is 10.1. The molecule has 1 aromatic rings. The number of aromatic nitrogens is 3. The van der Waals surface area contributed by atoms with Gasteiger partial charge in [-0.15, -0.1) is 0 Å². The van der Waals surface area contributed by atoms with Crippen LogP contribution in [0.25, 0.3) is 0 Å². The molecule has 1 aromatic heterocycles. The molecule has 0 amide bonds. The van der Waals surface area contributed by atoms with Crippen molar-refractivity contribution in [3.63, 3.8) is 0 Å². The zero-order valence-corrected chi connectivity index (χ0v) is 11.1. The van der Waals surface area contributed by atoms with Gasteiger partial charge in [-0.05, 0) is 12.8 Å². The summed E-state index contributed by atoms with van der Waals surface area (Å²) in [5.74, 6) is 0.809. The minimum absolute atomic E-state index is 0.206. The second-order valence-electron chi connectivity index (χ2n) is 4.74. The maximum Gasteiger partial charge on any atom is 0.322 e. The smallest absolute Gasteiger partial charge is 0.322 e. The predicted molar refractivity (Wildman–Crippen MR) is 70.7 cm³/mol. The highest BCUT2D eigenvalue weighted by molar-refractivity contribution is 5.36. The van der Waals surface area contributed by atoms with Gasteiger partial charge in [0.2, 0.25) is 11.9 Å². The Morgan fingerprint density at radius 1 is 1.11 bits per heavy atom. The first kappa shape index (κ1) is 12.9. The van der Waals surface area contributed by atoms with Crippen molar-refractivity contribution < 1.29 is 4.74 Å². The van der Waals surface area contributed by atoms with E-state index in [0.29, 0.717) is 12.0 Å². The first-order chi connectivity index (χ1) is 8.70. The molecule has 0 bridgehead atoms. The summed E-state index contributed by atoms with van der Waals surface area (Å²) >= 11 is 0. The van der Waals surface area contributed by atoms with Crippen molar-refractivity contribution in [1.82, 2.24) is 15.0 Å². The first-order valence-electron chi connectivity index (χ1n) is 6.49. The summed E-state index contributed by atoms with van der Waals surface area (Å²) in [7, 11) is 3.55. The van der Waals surface area contributed by atoms with Gasteiger partial charge in [0.05, 0.1) is 7.11 Å². The fourth-order valence-electron chi connectivity index (χ4n) is 2.42.